The number of hydrogen-bond donors (Lipinski definition) is 1. The normalized spacial score (nSPS) is 16.8. The fourth-order valence-corrected chi connectivity index (χ4v) is 5.74. The highest BCUT2D eigenvalue weighted by molar-refractivity contribution is 6.30. The van der Waals surface area contributed by atoms with Gasteiger partial charge in [0.15, 0.2) is 0 Å². The summed E-state index contributed by atoms with van der Waals surface area (Å²) in [5.74, 6) is 0.191. The van der Waals surface area contributed by atoms with Gasteiger partial charge in [0.2, 0.25) is 5.91 Å². The fourth-order valence-electron chi connectivity index (χ4n) is 5.56. The maximum absolute atomic E-state index is 13.9. The molecule has 3 heterocycles. The quantitative estimate of drug-likeness (QED) is 0.191. The standard InChI is InChI=1S/C32H28ClN7O3/c1-43-32(42)23-11-9-22(10-12-23)27-19-34-31(36-27)30-26(21-6-3-2-4-7-21)8-5-17-39(30)29(41)16-13-24-18-25(33)14-15-28(24)40-20-35-37-38-40/h2-4,6-7,9-16,18-20,26,30H,5,8,17H2,1H3,(H,34,36). The van der Waals surface area contributed by atoms with E-state index < -0.39 is 5.97 Å². The van der Waals surface area contributed by atoms with Gasteiger partial charge in [0.1, 0.15) is 12.2 Å². The number of carbonyl (C=O) groups is 2. The first-order chi connectivity index (χ1) is 21.0. The van der Waals surface area contributed by atoms with Gasteiger partial charge in [-0.2, -0.15) is 4.68 Å². The number of esters is 1. The topological polar surface area (TPSA) is 119 Å². The highest BCUT2D eigenvalue weighted by atomic mass is 35.5. The summed E-state index contributed by atoms with van der Waals surface area (Å²) >= 11 is 6.29. The molecule has 1 saturated heterocycles. The van der Waals surface area contributed by atoms with Crippen LogP contribution in [0.2, 0.25) is 5.02 Å². The van der Waals surface area contributed by atoms with Crippen molar-refractivity contribution in [3.8, 4) is 16.9 Å². The van der Waals surface area contributed by atoms with Crippen molar-refractivity contribution in [2.24, 2.45) is 0 Å². The van der Waals surface area contributed by atoms with Crippen LogP contribution in [0.25, 0.3) is 23.0 Å². The maximum atomic E-state index is 13.9. The SMILES string of the molecule is COC(=O)c1ccc(-c2c[nH]c(C3C(c4ccccc4)CCCN3C(=O)C=Cc3cc(Cl)ccc3-n3cnnn3)n2)cc1. The lowest BCUT2D eigenvalue weighted by Gasteiger charge is -2.40. The molecule has 43 heavy (non-hydrogen) atoms. The van der Waals surface area contributed by atoms with Gasteiger partial charge in [-0.25, -0.2) is 9.78 Å². The zero-order valence-corrected chi connectivity index (χ0v) is 24.1. The van der Waals surface area contributed by atoms with Crippen LogP contribution in [0.1, 0.15) is 52.1 Å². The molecule has 2 aromatic heterocycles. The Morgan fingerprint density at radius 1 is 1.07 bits per heavy atom. The van der Waals surface area contributed by atoms with Gasteiger partial charge in [0.25, 0.3) is 0 Å². The predicted molar refractivity (Wildman–Crippen MR) is 161 cm³/mol. The Morgan fingerprint density at radius 2 is 1.88 bits per heavy atom. The number of carbonyl (C=O) groups excluding carboxylic acids is 2. The minimum atomic E-state index is -0.396. The first-order valence-electron chi connectivity index (χ1n) is 13.8. The molecule has 6 rings (SSSR count). The lowest BCUT2D eigenvalue weighted by Crippen LogP contribution is -2.41. The van der Waals surface area contributed by atoms with Crippen molar-refractivity contribution >= 4 is 29.6 Å². The monoisotopic (exact) mass is 593 g/mol. The van der Waals surface area contributed by atoms with Crippen LogP contribution in [-0.4, -0.2) is 60.6 Å². The number of nitrogens with zero attached hydrogens (tertiary/aromatic N) is 6. The van der Waals surface area contributed by atoms with Gasteiger partial charge in [-0.15, -0.1) is 5.10 Å². The molecule has 216 valence electrons. The number of imidazole rings is 1. The smallest absolute Gasteiger partial charge is 0.337 e. The van der Waals surface area contributed by atoms with Crippen molar-refractivity contribution in [1.82, 2.24) is 35.1 Å². The van der Waals surface area contributed by atoms with Gasteiger partial charge in [0, 0.05) is 40.9 Å². The number of rotatable bonds is 7. The van der Waals surface area contributed by atoms with Crippen molar-refractivity contribution in [3.05, 3.63) is 119 Å². The van der Waals surface area contributed by atoms with Crippen LogP contribution in [0.3, 0.4) is 0 Å². The Morgan fingerprint density at radius 3 is 2.63 bits per heavy atom. The average Bonchev–Trinajstić information content (AvgIpc) is 3.77. The molecule has 10 nitrogen and oxygen atoms in total. The van der Waals surface area contributed by atoms with Gasteiger partial charge >= 0.3 is 5.97 Å². The van der Waals surface area contributed by atoms with Gasteiger partial charge in [-0.3, -0.25) is 4.79 Å². The van der Waals surface area contributed by atoms with E-state index in [4.69, 9.17) is 21.3 Å². The number of piperidine rings is 1. The molecular weight excluding hydrogens is 566 g/mol. The zero-order chi connectivity index (χ0) is 29.8. The van der Waals surface area contributed by atoms with Crippen molar-refractivity contribution in [2.45, 2.75) is 24.8 Å². The Balaban J connectivity index is 1.33. The molecule has 5 aromatic rings. The second-order valence-electron chi connectivity index (χ2n) is 10.2. The number of benzene rings is 3. The summed E-state index contributed by atoms with van der Waals surface area (Å²) in [6.45, 7) is 0.580. The molecule has 0 radical (unpaired) electrons. The van der Waals surface area contributed by atoms with Crippen LogP contribution in [0, 0.1) is 0 Å². The number of aromatic nitrogens is 6. The molecule has 1 amide bonds. The van der Waals surface area contributed by atoms with E-state index in [0.29, 0.717) is 34.2 Å². The number of likely N-dealkylation sites (tertiary alicyclic amines) is 1. The molecular formula is C32H28ClN7O3. The number of halogens is 1. The molecule has 0 spiro atoms. The van der Waals surface area contributed by atoms with Crippen LogP contribution in [0.5, 0.6) is 0 Å². The molecule has 1 fully saturated rings. The summed E-state index contributed by atoms with van der Waals surface area (Å²) < 4.78 is 6.34. The Hall–Kier alpha value is -5.09. The van der Waals surface area contributed by atoms with E-state index >= 15 is 0 Å². The number of hydrogen-bond acceptors (Lipinski definition) is 7. The lowest BCUT2D eigenvalue weighted by molar-refractivity contribution is -0.130. The molecule has 1 aliphatic heterocycles. The second-order valence-corrected chi connectivity index (χ2v) is 10.6. The number of nitrogens with one attached hydrogen (secondary N) is 1. The molecule has 2 unspecified atom stereocenters. The van der Waals surface area contributed by atoms with Crippen molar-refractivity contribution < 1.29 is 14.3 Å². The number of H-pyrrole nitrogens is 1. The minimum Gasteiger partial charge on any atom is -0.465 e. The minimum absolute atomic E-state index is 0.0379. The highest BCUT2D eigenvalue weighted by Crippen LogP contribution is 2.42. The maximum Gasteiger partial charge on any atom is 0.337 e. The molecule has 0 aliphatic carbocycles. The summed E-state index contributed by atoms with van der Waals surface area (Å²) in [6, 6.07) is 22.3. The number of ether oxygens (including phenoxy) is 1. The Labute approximate surface area is 253 Å². The molecule has 0 bridgehead atoms. The molecule has 11 heteroatoms. The third-order valence-corrected chi connectivity index (χ3v) is 7.85. The average molecular weight is 594 g/mol. The molecule has 1 N–H and O–H groups in total. The number of aromatic amines is 1. The Bertz CT molecular complexity index is 1750. The van der Waals surface area contributed by atoms with Crippen molar-refractivity contribution in [2.75, 3.05) is 13.7 Å². The first-order valence-corrected chi connectivity index (χ1v) is 14.2. The number of tetrazole rings is 1. The van der Waals surface area contributed by atoms with Gasteiger partial charge in [-0.05, 0) is 65.2 Å². The first kappa shape index (κ1) is 28.0. The van der Waals surface area contributed by atoms with E-state index in [1.165, 1.54) is 18.1 Å². The van der Waals surface area contributed by atoms with Gasteiger partial charge < -0.3 is 14.6 Å². The summed E-state index contributed by atoms with van der Waals surface area (Å²) in [6.07, 6.45) is 8.39. The summed E-state index contributed by atoms with van der Waals surface area (Å²) in [4.78, 5) is 36.0. The lowest BCUT2D eigenvalue weighted by atomic mass is 9.83. The zero-order valence-electron chi connectivity index (χ0n) is 23.3. The van der Waals surface area contributed by atoms with E-state index in [2.05, 4.69) is 32.6 Å². The van der Waals surface area contributed by atoms with Crippen molar-refractivity contribution in [3.63, 3.8) is 0 Å². The van der Waals surface area contributed by atoms with Crippen LogP contribution >= 0.6 is 11.6 Å². The van der Waals surface area contributed by atoms with Gasteiger partial charge in [-0.1, -0.05) is 54.1 Å². The molecule has 1 aliphatic rings. The highest BCUT2D eigenvalue weighted by Gasteiger charge is 2.37. The Kier molecular flexibility index (Phi) is 8.10. The number of amides is 1. The molecule has 3 aromatic carbocycles. The van der Waals surface area contributed by atoms with E-state index in [0.717, 1.165) is 29.7 Å². The third-order valence-electron chi connectivity index (χ3n) is 7.61. The number of methoxy groups -OCH3 is 1. The summed E-state index contributed by atoms with van der Waals surface area (Å²) in [7, 11) is 1.36. The van der Waals surface area contributed by atoms with Crippen molar-refractivity contribution in [1.29, 1.82) is 0 Å². The largest absolute Gasteiger partial charge is 0.465 e. The van der Waals surface area contributed by atoms with E-state index in [-0.39, 0.29) is 17.9 Å². The second kappa shape index (κ2) is 12.4. The van der Waals surface area contributed by atoms with Crippen LogP contribution in [-0.2, 0) is 9.53 Å². The van der Waals surface area contributed by atoms with E-state index in [1.54, 1.807) is 42.5 Å². The van der Waals surface area contributed by atoms with Crippen LogP contribution < -0.4 is 0 Å². The summed E-state index contributed by atoms with van der Waals surface area (Å²) in [5.41, 5.74) is 4.57. The molecule has 0 saturated carbocycles. The van der Waals surface area contributed by atoms with Gasteiger partial charge in [0.05, 0.1) is 30.1 Å². The van der Waals surface area contributed by atoms with Crippen LogP contribution in [0.15, 0.2) is 91.4 Å². The third kappa shape index (κ3) is 5.96. The van der Waals surface area contributed by atoms with Crippen LogP contribution in [0.4, 0.5) is 0 Å². The predicted octanol–water partition coefficient (Wildman–Crippen LogP) is 5.65. The summed E-state index contributed by atoms with van der Waals surface area (Å²) in [5, 5.41) is 12.0. The molecule has 2 atom stereocenters. The van der Waals surface area contributed by atoms with E-state index in [9.17, 15) is 9.59 Å². The van der Waals surface area contributed by atoms with E-state index in [1.807, 2.05) is 41.4 Å². The fraction of sp³-hybridized carbons (Fsp3) is 0.188.